The molecule has 0 unspecified atom stereocenters. The van der Waals surface area contributed by atoms with E-state index in [1.165, 1.54) is 0 Å². The van der Waals surface area contributed by atoms with Crippen LogP contribution >= 0.6 is 11.6 Å². The van der Waals surface area contributed by atoms with Crippen LogP contribution in [-0.2, 0) is 14.2 Å². The second-order valence-corrected chi connectivity index (χ2v) is 5.92. The Bertz CT molecular complexity index is 285. The zero-order valence-electron chi connectivity index (χ0n) is 9.82. The van der Waals surface area contributed by atoms with Gasteiger partial charge in [0, 0.05) is 5.92 Å². The Labute approximate surface area is 101 Å². The monoisotopic (exact) mass is 246 g/mol. The second kappa shape index (κ2) is 3.84. The van der Waals surface area contributed by atoms with Crippen molar-refractivity contribution >= 4 is 11.6 Å². The normalized spacial score (nSPS) is 56.1. The summed E-state index contributed by atoms with van der Waals surface area (Å²) in [7, 11) is 0. The summed E-state index contributed by atoms with van der Waals surface area (Å²) < 4.78 is 17.3. The van der Waals surface area contributed by atoms with Gasteiger partial charge in [0.2, 0.25) is 0 Å². The van der Waals surface area contributed by atoms with Crippen LogP contribution in [0.2, 0.25) is 0 Å². The van der Waals surface area contributed by atoms with Gasteiger partial charge >= 0.3 is 0 Å². The molecular weight excluding hydrogens is 228 g/mol. The highest BCUT2D eigenvalue weighted by Gasteiger charge is 2.59. The van der Waals surface area contributed by atoms with Crippen molar-refractivity contribution in [1.29, 1.82) is 0 Å². The van der Waals surface area contributed by atoms with Crippen LogP contribution in [0.5, 0.6) is 0 Å². The molecular formula is C12H19ClO3. The van der Waals surface area contributed by atoms with Gasteiger partial charge in [-0.1, -0.05) is 6.92 Å². The van der Waals surface area contributed by atoms with Crippen molar-refractivity contribution in [3.8, 4) is 0 Å². The summed E-state index contributed by atoms with van der Waals surface area (Å²) >= 11 is 5.78. The van der Waals surface area contributed by atoms with Crippen molar-refractivity contribution < 1.29 is 14.2 Å². The van der Waals surface area contributed by atoms with Gasteiger partial charge in [-0.3, -0.25) is 0 Å². The standard InChI is InChI=1S/C12H19ClO3/c1-7-3-10-12(2,16-10)4-9(7)11-14-6-8(5-13)15-11/h7-11H,3-6H2,1-2H3/t7-,8-,9+,10+,11-,12-/m1/s1. The molecule has 2 aliphatic heterocycles. The first-order valence-corrected chi connectivity index (χ1v) is 6.66. The van der Waals surface area contributed by atoms with E-state index in [1.807, 2.05) is 0 Å². The molecule has 0 aromatic rings. The number of ether oxygens (including phenoxy) is 3. The molecule has 2 saturated heterocycles. The molecule has 3 nitrogen and oxygen atoms in total. The summed E-state index contributed by atoms with van der Waals surface area (Å²) in [4.78, 5) is 0. The van der Waals surface area contributed by atoms with E-state index in [9.17, 15) is 0 Å². The molecule has 6 atom stereocenters. The minimum atomic E-state index is -0.0688. The lowest BCUT2D eigenvalue weighted by molar-refractivity contribution is -0.116. The highest BCUT2D eigenvalue weighted by Crippen LogP contribution is 2.53. The predicted molar refractivity (Wildman–Crippen MR) is 60.5 cm³/mol. The van der Waals surface area contributed by atoms with Gasteiger partial charge in [0.05, 0.1) is 30.3 Å². The number of rotatable bonds is 2. The average Bonchev–Trinajstić information content (AvgIpc) is 2.74. The molecule has 3 rings (SSSR count). The first-order chi connectivity index (χ1) is 7.62. The fraction of sp³-hybridized carbons (Fsp3) is 1.00. The van der Waals surface area contributed by atoms with E-state index < -0.39 is 0 Å². The number of fused-ring (bicyclic) bond motifs is 1. The molecule has 0 N–H and O–H groups in total. The molecule has 0 bridgehead atoms. The van der Waals surface area contributed by atoms with Crippen LogP contribution in [0.15, 0.2) is 0 Å². The number of alkyl halides is 1. The van der Waals surface area contributed by atoms with Crippen LogP contribution in [0.3, 0.4) is 0 Å². The molecule has 3 aliphatic rings. The molecule has 1 saturated carbocycles. The van der Waals surface area contributed by atoms with E-state index >= 15 is 0 Å². The third-order valence-electron chi connectivity index (χ3n) is 4.29. The Morgan fingerprint density at radius 3 is 2.94 bits per heavy atom. The molecule has 2 heterocycles. The molecule has 0 aromatic heterocycles. The van der Waals surface area contributed by atoms with Crippen molar-refractivity contribution in [2.24, 2.45) is 11.8 Å². The molecule has 0 aromatic carbocycles. The molecule has 0 spiro atoms. The zero-order chi connectivity index (χ0) is 11.3. The molecule has 92 valence electrons. The van der Waals surface area contributed by atoms with Crippen molar-refractivity contribution in [3.63, 3.8) is 0 Å². The zero-order valence-corrected chi connectivity index (χ0v) is 10.6. The quantitative estimate of drug-likeness (QED) is 0.553. The van der Waals surface area contributed by atoms with Crippen LogP contribution in [0.4, 0.5) is 0 Å². The molecule has 4 heteroatoms. The highest BCUT2D eigenvalue weighted by atomic mass is 35.5. The van der Waals surface area contributed by atoms with Crippen molar-refractivity contribution in [3.05, 3.63) is 0 Å². The Kier molecular flexibility index (Phi) is 2.70. The van der Waals surface area contributed by atoms with Crippen LogP contribution in [0.1, 0.15) is 26.7 Å². The Balaban J connectivity index is 1.65. The number of epoxide rings is 1. The summed E-state index contributed by atoms with van der Waals surface area (Å²) in [6, 6.07) is 0. The number of halogens is 1. The van der Waals surface area contributed by atoms with Gasteiger partial charge in [0.15, 0.2) is 6.29 Å². The highest BCUT2D eigenvalue weighted by molar-refractivity contribution is 6.18. The summed E-state index contributed by atoms with van der Waals surface area (Å²) in [5.74, 6) is 1.59. The van der Waals surface area contributed by atoms with Crippen LogP contribution in [-0.4, -0.2) is 36.6 Å². The largest absolute Gasteiger partial charge is 0.366 e. The minimum Gasteiger partial charge on any atom is -0.366 e. The third-order valence-corrected chi connectivity index (χ3v) is 4.63. The van der Waals surface area contributed by atoms with Crippen LogP contribution < -0.4 is 0 Å². The maximum Gasteiger partial charge on any atom is 0.161 e. The van der Waals surface area contributed by atoms with E-state index in [0.29, 0.717) is 30.4 Å². The van der Waals surface area contributed by atoms with Gasteiger partial charge in [-0.25, -0.2) is 0 Å². The van der Waals surface area contributed by atoms with E-state index in [-0.39, 0.29) is 18.0 Å². The minimum absolute atomic E-state index is 0.0688. The summed E-state index contributed by atoms with van der Waals surface area (Å²) in [6.45, 7) is 5.11. The van der Waals surface area contributed by atoms with Gasteiger partial charge in [-0.2, -0.15) is 0 Å². The molecule has 0 amide bonds. The lowest BCUT2D eigenvalue weighted by atomic mass is 9.75. The average molecular weight is 247 g/mol. The molecule has 0 radical (unpaired) electrons. The van der Waals surface area contributed by atoms with Crippen LogP contribution in [0, 0.1) is 11.8 Å². The second-order valence-electron chi connectivity index (χ2n) is 5.61. The van der Waals surface area contributed by atoms with E-state index in [2.05, 4.69) is 13.8 Å². The van der Waals surface area contributed by atoms with Crippen LogP contribution in [0.25, 0.3) is 0 Å². The Morgan fingerprint density at radius 2 is 2.25 bits per heavy atom. The SMILES string of the molecule is C[C@@H]1C[C@@H]2O[C@]2(C)C[C@@H]1[C@@H]1OC[C@@H](CCl)O1. The van der Waals surface area contributed by atoms with Crippen molar-refractivity contribution in [1.82, 2.24) is 0 Å². The maximum absolute atomic E-state index is 5.82. The van der Waals surface area contributed by atoms with Gasteiger partial charge in [0.25, 0.3) is 0 Å². The van der Waals surface area contributed by atoms with Gasteiger partial charge in [-0.15, -0.1) is 11.6 Å². The summed E-state index contributed by atoms with van der Waals surface area (Å²) in [5.41, 5.74) is 0.100. The van der Waals surface area contributed by atoms with Gasteiger partial charge < -0.3 is 14.2 Å². The van der Waals surface area contributed by atoms with Crippen molar-refractivity contribution in [2.75, 3.05) is 12.5 Å². The smallest absolute Gasteiger partial charge is 0.161 e. The fourth-order valence-electron chi connectivity index (χ4n) is 3.09. The first-order valence-electron chi connectivity index (χ1n) is 6.13. The lowest BCUT2D eigenvalue weighted by Gasteiger charge is -2.32. The van der Waals surface area contributed by atoms with E-state index in [4.69, 9.17) is 25.8 Å². The van der Waals surface area contributed by atoms with Gasteiger partial charge in [0.1, 0.15) is 0 Å². The molecule has 3 fully saturated rings. The molecule has 1 aliphatic carbocycles. The first kappa shape index (κ1) is 11.3. The Hall–Kier alpha value is 0.170. The fourth-order valence-corrected chi connectivity index (χ4v) is 3.25. The van der Waals surface area contributed by atoms with E-state index in [0.717, 1.165) is 12.8 Å². The van der Waals surface area contributed by atoms with Crippen molar-refractivity contribution in [2.45, 2.75) is 50.8 Å². The number of hydrogen-bond acceptors (Lipinski definition) is 3. The lowest BCUT2D eigenvalue weighted by Crippen LogP contribution is -2.37. The topological polar surface area (TPSA) is 31.0 Å². The third kappa shape index (κ3) is 1.78. The van der Waals surface area contributed by atoms with Gasteiger partial charge in [-0.05, 0) is 25.7 Å². The maximum atomic E-state index is 5.82. The predicted octanol–water partition coefficient (Wildman–Crippen LogP) is 2.17. The number of hydrogen-bond donors (Lipinski definition) is 0. The molecule has 16 heavy (non-hydrogen) atoms. The summed E-state index contributed by atoms with van der Waals surface area (Å²) in [6.07, 6.45) is 2.67. The Morgan fingerprint density at radius 1 is 1.44 bits per heavy atom. The van der Waals surface area contributed by atoms with E-state index in [1.54, 1.807) is 0 Å². The summed E-state index contributed by atoms with van der Waals surface area (Å²) in [5, 5.41) is 0.